The summed E-state index contributed by atoms with van der Waals surface area (Å²) in [6.45, 7) is 0.211. The summed E-state index contributed by atoms with van der Waals surface area (Å²) in [6, 6.07) is 35.2. The second-order valence-electron chi connectivity index (χ2n) is 9.84. The Balaban J connectivity index is 1.59. The Kier molecular flexibility index (Phi) is 9.33. The van der Waals surface area contributed by atoms with Crippen LogP contribution in [0.1, 0.15) is 48.5 Å². The minimum atomic E-state index is -0.301. The maximum absolute atomic E-state index is 13.8. The molecule has 7 nitrogen and oxygen atoms in total. The molecule has 0 aromatic heterocycles. The van der Waals surface area contributed by atoms with Crippen molar-refractivity contribution in [3.8, 4) is 29.1 Å². The number of carbonyl (C=O) groups is 2. The van der Waals surface area contributed by atoms with Gasteiger partial charge >= 0.3 is 0 Å². The highest BCUT2D eigenvalue weighted by molar-refractivity contribution is 6.15. The molecule has 0 aliphatic carbocycles. The molecule has 0 N–H and O–H groups in total. The topological polar surface area (TPSA) is 94.9 Å². The summed E-state index contributed by atoms with van der Waals surface area (Å²) >= 11 is 0. The first-order chi connectivity index (χ1) is 21.5. The van der Waals surface area contributed by atoms with Gasteiger partial charge in [0.1, 0.15) is 36.2 Å². The van der Waals surface area contributed by atoms with Crippen LogP contribution in [0.4, 0.5) is 0 Å². The Morgan fingerprint density at radius 2 is 1.07 bits per heavy atom. The van der Waals surface area contributed by atoms with Gasteiger partial charge in [-0.2, -0.15) is 5.26 Å². The molecule has 44 heavy (non-hydrogen) atoms. The molecule has 5 aromatic carbocycles. The van der Waals surface area contributed by atoms with Crippen LogP contribution in [0.5, 0.6) is 23.0 Å². The molecule has 0 radical (unpaired) electrons. The Labute approximate surface area is 255 Å². The minimum absolute atomic E-state index is 0.0870. The Hall–Kier alpha value is -5.87. The highest BCUT2D eigenvalue weighted by Crippen LogP contribution is 2.34. The summed E-state index contributed by atoms with van der Waals surface area (Å²) in [5.41, 5.74) is 3.43. The summed E-state index contributed by atoms with van der Waals surface area (Å²) in [5.74, 6) is 1.10. The zero-order chi connectivity index (χ0) is 30.9. The van der Waals surface area contributed by atoms with E-state index in [9.17, 15) is 9.59 Å². The van der Waals surface area contributed by atoms with Crippen LogP contribution in [0.25, 0.3) is 0 Å². The fraction of sp³-hybridized carbons (Fsp3) is 0.108. The Morgan fingerprint density at radius 3 is 1.52 bits per heavy atom. The first kappa shape index (κ1) is 29.6. The van der Waals surface area contributed by atoms with Gasteiger partial charge in [0.05, 0.1) is 37.0 Å². The van der Waals surface area contributed by atoms with Crippen molar-refractivity contribution >= 4 is 11.6 Å². The average Bonchev–Trinajstić information content (AvgIpc) is 3.09. The summed E-state index contributed by atoms with van der Waals surface area (Å²) in [4.78, 5) is 27.7. The number of hydrogen-bond acceptors (Lipinski definition) is 7. The number of methoxy groups -OCH3 is 2. The molecule has 0 aliphatic heterocycles. The highest BCUT2D eigenvalue weighted by atomic mass is 16.5. The molecule has 0 fully saturated rings. The van der Waals surface area contributed by atoms with Gasteiger partial charge in [-0.1, -0.05) is 72.8 Å². The van der Waals surface area contributed by atoms with Crippen LogP contribution >= 0.6 is 0 Å². The maximum Gasteiger partial charge on any atom is 0.196 e. The van der Waals surface area contributed by atoms with Crippen molar-refractivity contribution in [3.05, 3.63) is 154 Å². The first-order valence-corrected chi connectivity index (χ1v) is 13.8. The molecule has 0 amide bonds. The molecular weight excluding hydrogens is 554 g/mol. The third kappa shape index (κ3) is 6.94. The second kappa shape index (κ2) is 13.9. The lowest BCUT2D eigenvalue weighted by Crippen LogP contribution is -2.12. The molecular formula is C37H29NO6. The van der Waals surface area contributed by atoms with Gasteiger partial charge in [-0.05, 0) is 41.5 Å². The van der Waals surface area contributed by atoms with Gasteiger partial charge in [-0.25, -0.2) is 0 Å². The van der Waals surface area contributed by atoms with Gasteiger partial charge in [-0.15, -0.1) is 0 Å². The van der Waals surface area contributed by atoms with E-state index in [0.29, 0.717) is 28.2 Å². The number of rotatable bonds is 12. The van der Waals surface area contributed by atoms with E-state index in [2.05, 4.69) is 6.07 Å². The van der Waals surface area contributed by atoms with Gasteiger partial charge in [-0.3, -0.25) is 9.59 Å². The normalized spacial score (nSPS) is 10.4. The predicted molar refractivity (Wildman–Crippen MR) is 166 cm³/mol. The molecule has 5 aromatic rings. The van der Waals surface area contributed by atoms with E-state index in [0.717, 1.165) is 11.1 Å². The number of ketones is 2. The molecule has 0 unspecified atom stereocenters. The maximum atomic E-state index is 13.8. The summed E-state index contributed by atoms with van der Waals surface area (Å²) in [6.07, 6.45) is 0. The zero-order valence-electron chi connectivity index (χ0n) is 24.3. The third-order valence-corrected chi connectivity index (χ3v) is 6.93. The largest absolute Gasteiger partial charge is 0.497 e. The van der Waals surface area contributed by atoms with Crippen molar-refractivity contribution in [2.45, 2.75) is 13.2 Å². The van der Waals surface area contributed by atoms with Gasteiger partial charge in [0.2, 0.25) is 0 Å². The first-order valence-electron chi connectivity index (χ1n) is 13.8. The van der Waals surface area contributed by atoms with Gasteiger partial charge in [0.15, 0.2) is 11.6 Å². The molecule has 0 atom stereocenters. The monoisotopic (exact) mass is 583 g/mol. The smallest absolute Gasteiger partial charge is 0.196 e. The quantitative estimate of drug-likeness (QED) is 0.143. The molecule has 0 bridgehead atoms. The summed E-state index contributed by atoms with van der Waals surface area (Å²) < 4.78 is 23.3. The van der Waals surface area contributed by atoms with Crippen molar-refractivity contribution in [3.63, 3.8) is 0 Å². The fourth-order valence-corrected chi connectivity index (χ4v) is 4.59. The van der Waals surface area contributed by atoms with E-state index < -0.39 is 0 Å². The number of ether oxygens (including phenoxy) is 4. The van der Waals surface area contributed by atoms with E-state index in [1.54, 1.807) is 105 Å². The molecule has 0 saturated carbocycles. The highest BCUT2D eigenvalue weighted by Gasteiger charge is 2.24. The van der Waals surface area contributed by atoms with Crippen molar-refractivity contribution in [2.75, 3.05) is 14.2 Å². The van der Waals surface area contributed by atoms with Crippen molar-refractivity contribution < 1.29 is 28.5 Å². The lowest BCUT2D eigenvalue weighted by molar-refractivity contribution is 0.103. The van der Waals surface area contributed by atoms with Crippen LogP contribution in [0.2, 0.25) is 0 Å². The minimum Gasteiger partial charge on any atom is -0.497 e. The number of nitrogens with zero attached hydrogens (tertiary/aromatic N) is 1. The zero-order valence-corrected chi connectivity index (χ0v) is 24.3. The van der Waals surface area contributed by atoms with Crippen LogP contribution in [0.3, 0.4) is 0 Å². The van der Waals surface area contributed by atoms with E-state index in [1.807, 2.05) is 24.3 Å². The molecule has 0 heterocycles. The van der Waals surface area contributed by atoms with Crippen LogP contribution in [0.15, 0.2) is 115 Å². The van der Waals surface area contributed by atoms with Crippen molar-refractivity contribution in [1.82, 2.24) is 0 Å². The predicted octanol–water partition coefficient (Wildman–Crippen LogP) is 7.20. The van der Waals surface area contributed by atoms with Crippen molar-refractivity contribution in [1.29, 1.82) is 5.26 Å². The molecule has 5 rings (SSSR count). The lowest BCUT2D eigenvalue weighted by atomic mass is 9.95. The molecule has 218 valence electrons. The summed E-state index contributed by atoms with van der Waals surface area (Å²) in [7, 11) is 3.13. The summed E-state index contributed by atoms with van der Waals surface area (Å²) in [5, 5.41) is 9.14. The van der Waals surface area contributed by atoms with Crippen LogP contribution in [0, 0.1) is 11.3 Å². The molecule has 7 heteroatoms. The van der Waals surface area contributed by atoms with Crippen LogP contribution < -0.4 is 18.9 Å². The van der Waals surface area contributed by atoms with Gasteiger partial charge in [0.25, 0.3) is 0 Å². The number of benzene rings is 5. The number of carbonyl (C=O) groups excluding carboxylic acids is 2. The van der Waals surface area contributed by atoms with Crippen LogP contribution in [-0.4, -0.2) is 25.8 Å². The lowest BCUT2D eigenvalue weighted by Gasteiger charge is -2.18. The van der Waals surface area contributed by atoms with E-state index in [1.165, 1.54) is 0 Å². The van der Waals surface area contributed by atoms with Gasteiger partial charge in [0, 0.05) is 23.3 Å². The Bertz CT molecular complexity index is 1790. The average molecular weight is 584 g/mol. The van der Waals surface area contributed by atoms with E-state index in [-0.39, 0.29) is 47.4 Å². The standard InChI is InChI=1S/C37H29NO6/c1-41-30-17-27(18-31(19-30)42-2)24-44-35-21-34(43-23-26-15-13-25(22-38)14-16-26)32(36(39)28-9-5-3-6-10-28)20-33(35)37(40)29-11-7-4-8-12-29/h3-21H,23-24H2,1-2H3. The van der Waals surface area contributed by atoms with E-state index in [4.69, 9.17) is 24.2 Å². The molecule has 0 aliphatic rings. The Morgan fingerprint density at radius 1 is 0.591 bits per heavy atom. The second-order valence-corrected chi connectivity index (χ2v) is 9.84. The fourth-order valence-electron chi connectivity index (χ4n) is 4.59. The molecule has 0 spiro atoms. The molecule has 0 saturated heterocycles. The third-order valence-electron chi connectivity index (χ3n) is 6.93. The number of nitriles is 1. The van der Waals surface area contributed by atoms with Crippen LogP contribution in [-0.2, 0) is 13.2 Å². The van der Waals surface area contributed by atoms with Crippen molar-refractivity contribution in [2.24, 2.45) is 0 Å². The van der Waals surface area contributed by atoms with E-state index >= 15 is 0 Å². The SMILES string of the molecule is COc1cc(COc2cc(OCc3ccc(C#N)cc3)c(C(=O)c3ccccc3)cc2C(=O)c2ccccc2)cc(OC)c1. The number of hydrogen-bond donors (Lipinski definition) is 0. The van der Waals surface area contributed by atoms with Gasteiger partial charge < -0.3 is 18.9 Å².